The molecular formula is C15H12ClF3N2O. The third-order valence-electron chi connectivity index (χ3n) is 2.78. The number of anilines is 3. The van der Waals surface area contributed by atoms with Crippen molar-refractivity contribution in [3.63, 3.8) is 0 Å². The van der Waals surface area contributed by atoms with Gasteiger partial charge in [-0.2, -0.15) is 13.2 Å². The normalized spacial score (nSPS) is 11.1. The molecular weight excluding hydrogens is 317 g/mol. The molecule has 0 bridgehead atoms. The van der Waals surface area contributed by atoms with Crippen LogP contribution in [-0.2, 0) is 11.0 Å². The van der Waals surface area contributed by atoms with E-state index in [4.69, 9.17) is 11.6 Å². The average Bonchev–Trinajstić information content (AvgIpc) is 2.41. The zero-order valence-corrected chi connectivity index (χ0v) is 12.2. The van der Waals surface area contributed by atoms with E-state index in [1.165, 1.54) is 19.1 Å². The van der Waals surface area contributed by atoms with Gasteiger partial charge in [0.05, 0.1) is 22.0 Å². The molecule has 0 atom stereocenters. The van der Waals surface area contributed by atoms with Crippen LogP contribution >= 0.6 is 11.6 Å². The van der Waals surface area contributed by atoms with Crippen LogP contribution in [0.4, 0.5) is 30.2 Å². The van der Waals surface area contributed by atoms with Crippen molar-refractivity contribution in [2.45, 2.75) is 13.1 Å². The number of hydrogen-bond donors (Lipinski definition) is 2. The molecule has 0 spiro atoms. The molecule has 0 fully saturated rings. The molecule has 2 N–H and O–H groups in total. The summed E-state index contributed by atoms with van der Waals surface area (Å²) in [5.41, 5.74) is 0.163. The van der Waals surface area contributed by atoms with E-state index in [-0.39, 0.29) is 16.6 Å². The number of nitrogens with one attached hydrogen (secondary N) is 2. The van der Waals surface area contributed by atoms with E-state index in [1.54, 1.807) is 18.2 Å². The van der Waals surface area contributed by atoms with Crippen LogP contribution in [-0.4, -0.2) is 5.91 Å². The second-order valence-electron chi connectivity index (χ2n) is 4.55. The Morgan fingerprint density at radius 3 is 2.45 bits per heavy atom. The van der Waals surface area contributed by atoms with Crippen LogP contribution in [0.2, 0.25) is 5.02 Å². The first kappa shape index (κ1) is 16.2. The maximum absolute atomic E-state index is 12.7. The van der Waals surface area contributed by atoms with Crippen LogP contribution in [0.3, 0.4) is 0 Å². The van der Waals surface area contributed by atoms with Crippen LogP contribution in [0.1, 0.15) is 12.5 Å². The molecule has 0 radical (unpaired) electrons. The quantitative estimate of drug-likeness (QED) is 0.826. The van der Waals surface area contributed by atoms with E-state index < -0.39 is 11.7 Å². The number of benzene rings is 2. The Morgan fingerprint density at radius 2 is 1.82 bits per heavy atom. The topological polar surface area (TPSA) is 41.1 Å². The van der Waals surface area contributed by atoms with E-state index in [2.05, 4.69) is 10.6 Å². The summed E-state index contributed by atoms with van der Waals surface area (Å²) in [4.78, 5) is 11.2. The van der Waals surface area contributed by atoms with E-state index in [1.807, 2.05) is 0 Å². The lowest BCUT2D eigenvalue weighted by molar-refractivity contribution is -0.137. The number of amides is 1. The van der Waals surface area contributed by atoms with Gasteiger partial charge in [-0.1, -0.05) is 23.7 Å². The third kappa shape index (κ3) is 3.92. The summed E-state index contributed by atoms with van der Waals surface area (Å²) < 4.78 is 38.2. The van der Waals surface area contributed by atoms with Gasteiger partial charge in [-0.25, -0.2) is 0 Å². The Balaban J connectivity index is 2.37. The lowest BCUT2D eigenvalue weighted by Crippen LogP contribution is -2.09. The molecule has 22 heavy (non-hydrogen) atoms. The minimum absolute atomic E-state index is 0.217. The smallest absolute Gasteiger partial charge is 0.353 e. The van der Waals surface area contributed by atoms with E-state index >= 15 is 0 Å². The third-order valence-corrected chi connectivity index (χ3v) is 3.10. The molecule has 0 aliphatic heterocycles. The highest BCUT2D eigenvalue weighted by atomic mass is 35.5. The van der Waals surface area contributed by atoms with Gasteiger partial charge in [0.2, 0.25) is 5.91 Å². The van der Waals surface area contributed by atoms with Gasteiger partial charge >= 0.3 is 6.18 Å². The molecule has 2 rings (SSSR count). The fourth-order valence-corrected chi connectivity index (χ4v) is 2.08. The first-order valence-corrected chi connectivity index (χ1v) is 6.65. The summed E-state index contributed by atoms with van der Waals surface area (Å²) in [5, 5.41) is 5.66. The summed E-state index contributed by atoms with van der Waals surface area (Å²) in [7, 11) is 0. The van der Waals surface area contributed by atoms with Crippen molar-refractivity contribution >= 4 is 34.6 Å². The summed E-state index contributed by atoms with van der Waals surface area (Å²) in [6.45, 7) is 1.33. The second-order valence-corrected chi connectivity index (χ2v) is 4.95. The van der Waals surface area contributed by atoms with Crippen LogP contribution in [0.25, 0.3) is 0 Å². The van der Waals surface area contributed by atoms with Crippen molar-refractivity contribution in [2.75, 3.05) is 10.6 Å². The average molecular weight is 329 g/mol. The zero-order chi connectivity index (χ0) is 16.3. The lowest BCUT2D eigenvalue weighted by atomic mass is 10.2. The highest BCUT2D eigenvalue weighted by molar-refractivity contribution is 6.34. The van der Waals surface area contributed by atoms with Crippen molar-refractivity contribution in [1.29, 1.82) is 0 Å². The summed E-state index contributed by atoms with van der Waals surface area (Å²) in [6, 6.07) is 9.53. The summed E-state index contributed by atoms with van der Waals surface area (Å²) in [6.07, 6.45) is -4.43. The summed E-state index contributed by atoms with van der Waals surface area (Å²) >= 11 is 6.06. The molecule has 1 amide bonds. The monoisotopic (exact) mass is 328 g/mol. The second kappa shape index (κ2) is 6.27. The minimum atomic E-state index is -4.43. The van der Waals surface area contributed by atoms with E-state index in [0.29, 0.717) is 11.4 Å². The first-order valence-electron chi connectivity index (χ1n) is 6.28. The van der Waals surface area contributed by atoms with Crippen molar-refractivity contribution in [3.05, 3.63) is 53.1 Å². The van der Waals surface area contributed by atoms with Gasteiger partial charge in [0.25, 0.3) is 0 Å². The Kier molecular flexibility index (Phi) is 4.61. The number of halogens is 4. The van der Waals surface area contributed by atoms with E-state index in [9.17, 15) is 18.0 Å². The Bertz CT molecular complexity index is 701. The predicted molar refractivity (Wildman–Crippen MR) is 80.5 cm³/mol. The van der Waals surface area contributed by atoms with Crippen LogP contribution in [0, 0.1) is 0 Å². The zero-order valence-electron chi connectivity index (χ0n) is 11.5. The maximum Gasteiger partial charge on any atom is 0.416 e. The molecule has 0 aromatic heterocycles. The van der Waals surface area contributed by atoms with Gasteiger partial charge in [0.1, 0.15) is 0 Å². The molecule has 0 aliphatic rings. The number of carbonyl (C=O) groups excluding carboxylic acids is 1. The van der Waals surface area contributed by atoms with Crippen molar-refractivity contribution < 1.29 is 18.0 Å². The Labute approximate surface area is 130 Å². The highest BCUT2D eigenvalue weighted by Gasteiger charge is 2.30. The van der Waals surface area contributed by atoms with Gasteiger partial charge in [-0.05, 0) is 30.3 Å². The van der Waals surface area contributed by atoms with Crippen LogP contribution < -0.4 is 10.6 Å². The SMILES string of the molecule is CC(=O)Nc1cccc(Cl)c1Nc1cccc(C(F)(F)F)c1. The number of carbonyl (C=O) groups is 1. The molecule has 0 heterocycles. The molecule has 2 aromatic rings. The lowest BCUT2D eigenvalue weighted by Gasteiger charge is -2.15. The number of hydrogen-bond acceptors (Lipinski definition) is 2. The largest absolute Gasteiger partial charge is 0.416 e. The highest BCUT2D eigenvalue weighted by Crippen LogP contribution is 2.35. The molecule has 0 saturated carbocycles. The molecule has 2 aromatic carbocycles. The van der Waals surface area contributed by atoms with Crippen molar-refractivity contribution in [2.24, 2.45) is 0 Å². The Morgan fingerprint density at radius 1 is 1.14 bits per heavy atom. The summed E-state index contributed by atoms with van der Waals surface area (Å²) in [5.74, 6) is -0.311. The van der Waals surface area contributed by atoms with Gasteiger partial charge in [-0.3, -0.25) is 4.79 Å². The fourth-order valence-electron chi connectivity index (χ4n) is 1.86. The molecule has 0 aliphatic carbocycles. The Hall–Kier alpha value is -2.21. The minimum Gasteiger partial charge on any atom is -0.353 e. The van der Waals surface area contributed by atoms with Gasteiger partial charge in [0, 0.05) is 12.6 Å². The first-order chi connectivity index (χ1) is 10.3. The molecule has 0 saturated heterocycles. The van der Waals surface area contributed by atoms with Crippen molar-refractivity contribution in [1.82, 2.24) is 0 Å². The van der Waals surface area contributed by atoms with Crippen LogP contribution in [0.5, 0.6) is 0 Å². The predicted octanol–water partition coefficient (Wildman–Crippen LogP) is 5.06. The number of rotatable bonds is 3. The molecule has 7 heteroatoms. The fraction of sp³-hybridized carbons (Fsp3) is 0.133. The molecule has 0 unspecified atom stereocenters. The number of para-hydroxylation sites is 1. The maximum atomic E-state index is 12.7. The number of alkyl halides is 3. The van der Waals surface area contributed by atoms with Crippen LogP contribution in [0.15, 0.2) is 42.5 Å². The van der Waals surface area contributed by atoms with Crippen molar-refractivity contribution in [3.8, 4) is 0 Å². The van der Waals surface area contributed by atoms with Gasteiger partial charge < -0.3 is 10.6 Å². The van der Waals surface area contributed by atoms with Gasteiger partial charge in [-0.15, -0.1) is 0 Å². The van der Waals surface area contributed by atoms with Gasteiger partial charge in [0.15, 0.2) is 0 Å². The molecule has 116 valence electrons. The molecule has 3 nitrogen and oxygen atoms in total. The standard InChI is InChI=1S/C15H12ClF3N2O/c1-9(22)20-13-7-3-6-12(16)14(13)21-11-5-2-4-10(8-11)15(17,18)19/h2-8,21H,1H3,(H,20,22). The van der Waals surface area contributed by atoms with E-state index in [0.717, 1.165) is 12.1 Å².